The molecule has 2 aliphatic rings. The van der Waals surface area contributed by atoms with Crippen molar-refractivity contribution in [2.45, 2.75) is 31.8 Å². The molecule has 2 saturated heterocycles. The van der Waals surface area contributed by atoms with Gasteiger partial charge >= 0.3 is 0 Å². The largest absolute Gasteiger partial charge is 0.379 e. The van der Waals surface area contributed by atoms with Gasteiger partial charge in [0.2, 0.25) is 5.91 Å². The number of nitrogens with zero attached hydrogens (tertiary/aromatic N) is 3. The zero-order valence-electron chi connectivity index (χ0n) is 15.7. The number of benzene rings is 1. The molecule has 7 nitrogen and oxygen atoms in total. The molecule has 1 unspecified atom stereocenters. The minimum Gasteiger partial charge on any atom is -0.379 e. The van der Waals surface area contributed by atoms with Crippen LogP contribution >= 0.6 is 0 Å². The second kappa shape index (κ2) is 7.35. The molecule has 1 aromatic heterocycles. The maximum atomic E-state index is 13.2. The molecule has 1 aromatic carbocycles. The number of aryl methyl sites for hydroxylation is 1. The highest BCUT2D eigenvalue weighted by atomic mass is 19.1. The average Bonchev–Trinajstić information content (AvgIpc) is 3.30. The Labute approximate surface area is 162 Å². The van der Waals surface area contributed by atoms with Crippen molar-refractivity contribution in [2.75, 3.05) is 26.3 Å². The third-order valence-corrected chi connectivity index (χ3v) is 5.43. The van der Waals surface area contributed by atoms with Gasteiger partial charge in [-0.3, -0.25) is 9.59 Å². The van der Waals surface area contributed by atoms with Crippen molar-refractivity contribution in [3.05, 3.63) is 53.2 Å². The van der Waals surface area contributed by atoms with Gasteiger partial charge < -0.3 is 19.1 Å². The molecule has 148 valence electrons. The van der Waals surface area contributed by atoms with Crippen molar-refractivity contribution >= 4 is 11.8 Å². The van der Waals surface area contributed by atoms with E-state index in [1.54, 1.807) is 34.9 Å². The summed E-state index contributed by atoms with van der Waals surface area (Å²) >= 11 is 0. The van der Waals surface area contributed by atoms with Gasteiger partial charge in [-0.05, 0) is 31.0 Å². The van der Waals surface area contributed by atoms with Crippen LogP contribution in [0.1, 0.15) is 34.7 Å². The second-order valence-electron chi connectivity index (χ2n) is 7.43. The fraction of sp³-hybridized carbons (Fsp3) is 0.450. The van der Waals surface area contributed by atoms with Crippen LogP contribution in [0.4, 0.5) is 4.39 Å². The topological polar surface area (TPSA) is 75.9 Å². The maximum absolute atomic E-state index is 13.2. The molecule has 4 rings (SSSR count). The summed E-state index contributed by atoms with van der Waals surface area (Å²) in [6.07, 6.45) is 0.854. The highest BCUT2D eigenvalue weighted by Crippen LogP contribution is 2.32. The fourth-order valence-corrected chi connectivity index (χ4v) is 3.91. The Hall–Kier alpha value is -2.74. The van der Waals surface area contributed by atoms with Crippen LogP contribution in [-0.4, -0.2) is 58.6 Å². The lowest BCUT2D eigenvalue weighted by Crippen LogP contribution is -2.56. The number of rotatable bonds is 3. The molecule has 2 aromatic rings. The van der Waals surface area contributed by atoms with Crippen LogP contribution in [0.5, 0.6) is 0 Å². The van der Waals surface area contributed by atoms with Crippen LogP contribution in [0, 0.1) is 12.7 Å². The highest BCUT2D eigenvalue weighted by Gasteiger charge is 2.47. The van der Waals surface area contributed by atoms with Gasteiger partial charge in [0.05, 0.1) is 12.1 Å². The van der Waals surface area contributed by atoms with Gasteiger partial charge in [-0.1, -0.05) is 17.3 Å². The molecule has 2 amide bonds. The van der Waals surface area contributed by atoms with E-state index in [0.717, 1.165) is 5.56 Å². The van der Waals surface area contributed by atoms with E-state index in [1.165, 1.54) is 12.1 Å². The lowest BCUT2D eigenvalue weighted by molar-refractivity contribution is -0.137. The molecule has 2 fully saturated rings. The smallest absolute Gasteiger partial charge is 0.276 e. The number of carbonyl (C=O) groups is 2. The maximum Gasteiger partial charge on any atom is 0.276 e. The van der Waals surface area contributed by atoms with Gasteiger partial charge in [-0.25, -0.2) is 4.39 Å². The average molecular weight is 387 g/mol. The van der Waals surface area contributed by atoms with Crippen molar-refractivity contribution in [2.24, 2.45) is 0 Å². The summed E-state index contributed by atoms with van der Waals surface area (Å²) in [5, 5.41) is 3.82. The van der Waals surface area contributed by atoms with Crippen molar-refractivity contribution < 1.29 is 23.2 Å². The molecule has 0 radical (unpaired) electrons. The Morgan fingerprint density at radius 2 is 2.11 bits per heavy atom. The summed E-state index contributed by atoms with van der Waals surface area (Å²) in [4.78, 5) is 29.3. The SMILES string of the molecule is Cc1cc(C(=O)N2CCC(=O)N(Cc3ccc(F)cc3)C3(CCOC3)C2)no1. The molecular weight excluding hydrogens is 365 g/mol. The summed E-state index contributed by atoms with van der Waals surface area (Å²) in [5.74, 6) is -0.0448. The van der Waals surface area contributed by atoms with E-state index in [-0.39, 0.29) is 29.7 Å². The van der Waals surface area contributed by atoms with Crippen molar-refractivity contribution in [3.63, 3.8) is 0 Å². The molecular formula is C20H22FN3O4. The number of halogens is 1. The first-order valence-corrected chi connectivity index (χ1v) is 9.32. The monoisotopic (exact) mass is 387 g/mol. The first-order valence-electron chi connectivity index (χ1n) is 9.32. The Balaban J connectivity index is 1.61. The normalized spacial score (nSPS) is 22.7. The molecule has 0 saturated carbocycles. The van der Waals surface area contributed by atoms with Gasteiger partial charge in [-0.15, -0.1) is 0 Å². The van der Waals surface area contributed by atoms with Crippen molar-refractivity contribution in [1.29, 1.82) is 0 Å². The van der Waals surface area contributed by atoms with Gasteiger partial charge in [-0.2, -0.15) is 0 Å². The van der Waals surface area contributed by atoms with Gasteiger partial charge in [0, 0.05) is 38.7 Å². The molecule has 28 heavy (non-hydrogen) atoms. The lowest BCUT2D eigenvalue weighted by atomic mass is 9.94. The zero-order valence-corrected chi connectivity index (χ0v) is 15.7. The van der Waals surface area contributed by atoms with E-state index in [2.05, 4.69) is 5.16 Å². The molecule has 0 aliphatic carbocycles. The molecule has 8 heteroatoms. The Morgan fingerprint density at radius 3 is 2.75 bits per heavy atom. The summed E-state index contributed by atoms with van der Waals surface area (Å²) < 4.78 is 23.9. The quantitative estimate of drug-likeness (QED) is 0.807. The van der Waals surface area contributed by atoms with E-state index >= 15 is 0 Å². The summed E-state index contributed by atoms with van der Waals surface area (Å²) in [7, 11) is 0. The molecule has 1 spiro atoms. The van der Waals surface area contributed by atoms with Gasteiger partial charge in [0.15, 0.2) is 5.69 Å². The third kappa shape index (κ3) is 3.52. The summed E-state index contributed by atoms with van der Waals surface area (Å²) in [6.45, 7) is 3.65. The number of amides is 2. The van der Waals surface area contributed by atoms with Crippen LogP contribution in [0.25, 0.3) is 0 Å². The zero-order chi connectivity index (χ0) is 19.7. The number of hydrogen-bond acceptors (Lipinski definition) is 5. The Kier molecular flexibility index (Phi) is 4.89. The van der Waals surface area contributed by atoms with Crippen LogP contribution < -0.4 is 0 Å². The van der Waals surface area contributed by atoms with E-state index < -0.39 is 5.54 Å². The van der Waals surface area contributed by atoms with Crippen molar-refractivity contribution in [3.8, 4) is 0 Å². The minimum absolute atomic E-state index is 0.0403. The number of ether oxygens (including phenoxy) is 1. The predicted octanol–water partition coefficient (Wildman–Crippen LogP) is 2.16. The minimum atomic E-state index is -0.601. The standard InChI is InChI=1S/C20H22FN3O4/c1-14-10-17(22-28-14)19(26)23-8-6-18(25)24(20(12-23)7-9-27-13-20)11-15-2-4-16(21)5-3-15/h2-5,10H,6-9,11-13H2,1H3. The Morgan fingerprint density at radius 1 is 1.32 bits per heavy atom. The summed E-state index contributed by atoms with van der Waals surface area (Å²) in [6, 6.07) is 7.73. The molecule has 0 N–H and O–H groups in total. The van der Waals surface area contributed by atoms with E-state index in [4.69, 9.17) is 9.26 Å². The van der Waals surface area contributed by atoms with E-state index in [0.29, 0.717) is 45.0 Å². The molecule has 0 bridgehead atoms. The number of carbonyl (C=O) groups excluding carboxylic acids is 2. The molecule has 1 atom stereocenters. The van der Waals surface area contributed by atoms with Crippen LogP contribution in [0.15, 0.2) is 34.9 Å². The fourth-order valence-electron chi connectivity index (χ4n) is 3.91. The van der Waals surface area contributed by atoms with E-state index in [1.807, 2.05) is 0 Å². The number of aromatic nitrogens is 1. The first kappa shape index (κ1) is 18.6. The second-order valence-corrected chi connectivity index (χ2v) is 7.43. The molecule has 2 aliphatic heterocycles. The van der Waals surface area contributed by atoms with Gasteiger partial charge in [0.1, 0.15) is 11.6 Å². The van der Waals surface area contributed by atoms with Crippen LogP contribution in [-0.2, 0) is 16.1 Å². The number of hydrogen-bond donors (Lipinski definition) is 0. The van der Waals surface area contributed by atoms with Crippen LogP contribution in [0.3, 0.4) is 0 Å². The Bertz CT molecular complexity index is 874. The lowest BCUT2D eigenvalue weighted by Gasteiger charge is -2.40. The highest BCUT2D eigenvalue weighted by molar-refractivity contribution is 5.93. The predicted molar refractivity (Wildman–Crippen MR) is 96.9 cm³/mol. The van der Waals surface area contributed by atoms with E-state index in [9.17, 15) is 14.0 Å². The van der Waals surface area contributed by atoms with Crippen LogP contribution in [0.2, 0.25) is 0 Å². The summed E-state index contributed by atoms with van der Waals surface area (Å²) in [5.41, 5.74) is 0.482. The first-order chi connectivity index (χ1) is 13.5. The third-order valence-electron chi connectivity index (χ3n) is 5.43. The van der Waals surface area contributed by atoms with Gasteiger partial charge in [0.25, 0.3) is 5.91 Å². The molecule has 3 heterocycles. The van der Waals surface area contributed by atoms with Crippen molar-refractivity contribution in [1.82, 2.24) is 15.0 Å².